The van der Waals surface area contributed by atoms with Crippen LogP contribution in [-0.2, 0) is 21.7 Å². The molecule has 3 aromatic carbocycles. The number of aryl methyl sites for hydroxylation is 2. The molecule has 0 fully saturated rings. The lowest BCUT2D eigenvalue weighted by Gasteiger charge is -2.34. The Kier molecular flexibility index (Phi) is 7.81. The highest BCUT2D eigenvalue weighted by atomic mass is 15.1. The first-order valence-electron chi connectivity index (χ1n) is 14.3. The van der Waals surface area contributed by atoms with E-state index in [1.165, 1.54) is 56.0 Å². The van der Waals surface area contributed by atoms with Gasteiger partial charge in [-0.05, 0) is 118 Å². The van der Waals surface area contributed by atoms with Crippen LogP contribution >= 0.6 is 0 Å². The Bertz CT molecular complexity index is 1150. The average molecular weight is 512 g/mol. The van der Waals surface area contributed by atoms with Crippen molar-refractivity contribution in [3.8, 4) is 0 Å². The van der Waals surface area contributed by atoms with Crippen LogP contribution in [0.2, 0.25) is 0 Å². The summed E-state index contributed by atoms with van der Waals surface area (Å²) in [5.41, 5.74) is 13.4. The molecule has 0 amide bonds. The fourth-order valence-corrected chi connectivity index (χ4v) is 4.80. The van der Waals surface area contributed by atoms with Crippen LogP contribution in [0.3, 0.4) is 0 Å². The van der Waals surface area contributed by atoms with Crippen LogP contribution in [0, 0.1) is 20.8 Å². The van der Waals surface area contributed by atoms with E-state index >= 15 is 0 Å². The molecule has 0 aliphatic heterocycles. The first kappa shape index (κ1) is 30.0. The molecule has 206 valence electrons. The van der Waals surface area contributed by atoms with Gasteiger partial charge in [0.05, 0.1) is 0 Å². The molecular weight excluding hydrogens is 458 g/mol. The van der Waals surface area contributed by atoms with Gasteiger partial charge in [-0.1, -0.05) is 95.2 Å². The van der Waals surface area contributed by atoms with Gasteiger partial charge in [0.25, 0.3) is 0 Å². The van der Waals surface area contributed by atoms with Gasteiger partial charge in [-0.15, -0.1) is 0 Å². The van der Waals surface area contributed by atoms with Gasteiger partial charge in [0.15, 0.2) is 0 Å². The standard InChI is InChI=1S/C37H53N/c1-24-16-31(17-25(2)26(24)3)38(32-20-27(34(4,5)6)18-28(21-32)35(7,8)9)33-22-29(36(10,11)12)19-30(23-33)37(13,14)15/h16-23H,1-15H3. The van der Waals surface area contributed by atoms with Crippen LogP contribution in [0.15, 0.2) is 48.5 Å². The largest absolute Gasteiger partial charge is 0.310 e. The minimum Gasteiger partial charge on any atom is -0.310 e. The lowest BCUT2D eigenvalue weighted by molar-refractivity contribution is 0.568. The highest BCUT2D eigenvalue weighted by molar-refractivity contribution is 5.79. The van der Waals surface area contributed by atoms with Crippen molar-refractivity contribution >= 4 is 17.1 Å². The van der Waals surface area contributed by atoms with Crippen molar-refractivity contribution in [2.24, 2.45) is 0 Å². The smallest absolute Gasteiger partial charge is 0.0467 e. The van der Waals surface area contributed by atoms with Gasteiger partial charge in [-0.3, -0.25) is 0 Å². The van der Waals surface area contributed by atoms with Crippen molar-refractivity contribution in [2.45, 2.75) is 126 Å². The Balaban J connectivity index is 2.49. The zero-order chi connectivity index (χ0) is 29.0. The number of hydrogen-bond acceptors (Lipinski definition) is 1. The molecule has 0 aliphatic rings. The normalized spacial score (nSPS) is 13.1. The molecule has 0 atom stereocenters. The van der Waals surface area contributed by atoms with Gasteiger partial charge < -0.3 is 4.90 Å². The molecule has 3 aromatic rings. The molecule has 3 rings (SSSR count). The van der Waals surface area contributed by atoms with Gasteiger partial charge in [0.1, 0.15) is 0 Å². The molecule has 0 radical (unpaired) electrons. The van der Waals surface area contributed by atoms with Crippen LogP contribution in [0.4, 0.5) is 17.1 Å². The summed E-state index contributed by atoms with van der Waals surface area (Å²) in [5.74, 6) is 0. The van der Waals surface area contributed by atoms with Crippen molar-refractivity contribution in [2.75, 3.05) is 4.90 Å². The van der Waals surface area contributed by atoms with Crippen molar-refractivity contribution in [3.05, 3.63) is 87.5 Å². The van der Waals surface area contributed by atoms with Gasteiger partial charge in [0, 0.05) is 17.1 Å². The second-order valence-corrected chi connectivity index (χ2v) is 15.6. The topological polar surface area (TPSA) is 3.24 Å². The zero-order valence-corrected chi connectivity index (χ0v) is 27.1. The molecule has 1 heteroatoms. The van der Waals surface area contributed by atoms with Gasteiger partial charge in [-0.25, -0.2) is 0 Å². The van der Waals surface area contributed by atoms with Crippen molar-refractivity contribution in [3.63, 3.8) is 0 Å². The summed E-state index contributed by atoms with van der Waals surface area (Å²) in [4.78, 5) is 2.51. The molecule has 0 unspecified atom stereocenters. The van der Waals surface area contributed by atoms with Crippen LogP contribution in [-0.4, -0.2) is 0 Å². The van der Waals surface area contributed by atoms with Crippen LogP contribution in [0.1, 0.15) is 122 Å². The van der Waals surface area contributed by atoms with Crippen LogP contribution < -0.4 is 4.90 Å². The summed E-state index contributed by atoms with van der Waals surface area (Å²) < 4.78 is 0. The van der Waals surface area contributed by atoms with Gasteiger partial charge in [0.2, 0.25) is 0 Å². The minimum atomic E-state index is 0.0462. The van der Waals surface area contributed by atoms with E-state index in [0.717, 1.165) is 0 Å². The van der Waals surface area contributed by atoms with Crippen LogP contribution in [0.5, 0.6) is 0 Å². The highest BCUT2D eigenvalue weighted by Crippen LogP contribution is 2.43. The third-order valence-corrected chi connectivity index (χ3v) is 7.99. The Morgan fingerprint density at radius 3 is 0.842 bits per heavy atom. The second-order valence-electron chi connectivity index (χ2n) is 15.6. The first-order valence-corrected chi connectivity index (χ1v) is 14.3. The molecular formula is C37H53N. The maximum Gasteiger partial charge on any atom is 0.0467 e. The first-order chi connectivity index (χ1) is 17.1. The van der Waals surface area contributed by atoms with Crippen LogP contribution in [0.25, 0.3) is 0 Å². The van der Waals surface area contributed by atoms with E-state index in [1.54, 1.807) is 0 Å². The highest BCUT2D eigenvalue weighted by Gasteiger charge is 2.26. The van der Waals surface area contributed by atoms with E-state index in [0.29, 0.717) is 0 Å². The molecule has 38 heavy (non-hydrogen) atoms. The predicted molar refractivity (Wildman–Crippen MR) is 170 cm³/mol. The molecule has 0 heterocycles. The molecule has 0 aliphatic carbocycles. The Morgan fingerprint density at radius 2 is 0.605 bits per heavy atom. The lowest BCUT2D eigenvalue weighted by Crippen LogP contribution is -2.21. The van der Waals surface area contributed by atoms with Crippen molar-refractivity contribution in [1.29, 1.82) is 0 Å². The quantitative estimate of drug-likeness (QED) is 0.338. The number of benzene rings is 3. The third kappa shape index (κ3) is 6.53. The summed E-state index contributed by atoms with van der Waals surface area (Å²) in [5, 5.41) is 0. The van der Waals surface area contributed by atoms with Crippen molar-refractivity contribution < 1.29 is 0 Å². The number of anilines is 3. The van der Waals surface area contributed by atoms with E-state index in [2.05, 4.69) is 157 Å². The monoisotopic (exact) mass is 511 g/mol. The minimum absolute atomic E-state index is 0.0462. The second kappa shape index (κ2) is 9.89. The van der Waals surface area contributed by atoms with Gasteiger partial charge >= 0.3 is 0 Å². The Hall–Kier alpha value is -2.54. The maximum absolute atomic E-state index is 2.51. The lowest BCUT2D eigenvalue weighted by atomic mass is 9.79. The number of hydrogen-bond donors (Lipinski definition) is 0. The maximum atomic E-state index is 2.51. The zero-order valence-electron chi connectivity index (χ0n) is 27.1. The van der Waals surface area contributed by atoms with E-state index in [1.807, 2.05) is 0 Å². The molecule has 0 saturated carbocycles. The summed E-state index contributed by atoms with van der Waals surface area (Å²) >= 11 is 0. The summed E-state index contributed by atoms with van der Waals surface area (Å²) in [7, 11) is 0. The fourth-order valence-electron chi connectivity index (χ4n) is 4.80. The van der Waals surface area contributed by atoms with E-state index in [9.17, 15) is 0 Å². The number of rotatable bonds is 3. The van der Waals surface area contributed by atoms with Gasteiger partial charge in [-0.2, -0.15) is 0 Å². The fraction of sp³-hybridized carbons (Fsp3) is 0.514. The van der Waals surface area contributed by atoms with E-state index < -0.39 is 0 Å². The summed E-state index contributed by atoms with van der Waals surface area (Å²) in [6, 6.07) is 19.2. The SMILES string of the molecule is Cc1cc(N(c2cc(C(C)(C)C)cc(C(C)(C)C)c2)c2cc(C(C)(C)C)cc(C(C)(C)C)c2)cc(C)c1C. The molecule has 1 nitrogen and oxygen atoms in total. The molecule has 0 aromatic heterocycles. The van der Waals surface area contributed by atoms with E-state index in [-0.39, 0.29) is 21.7 Å². The number of nitrogens with zero attached hydrogens (tertiary/aromatic N) is 1. The Labute approximate surface area is 234 Å². The Morgan fingerprint density at radius 1 is 0.368 bits per heavy atom. The predicted octanol–water partition coefficient (Wildman–Crippen LogP) is 11.3. The molecule has 0 N–H and O–H groups in total. The van der Waals surface area contributed by atoms with Crippen molar-refractivity contribution in [1.82, 2.24) is 0 Å². The molecule has 0 spiro atoms. The summed E-state index contributed by atoms with van der Waals surface area (Å²) in [6.07, 6.45) is 0. The molecule has 0 bridgehead atoms. The summed E-state index contributed by atoms with van der Waals surface area (Å²) in [6.45, 7) is 34.6. The van der Waals surface area contributed by atoms with E-state index in [4.69, 9.17) is 0 Å². The third-order valence-electron chi connectivity index (χ3n) is 7.99. The molecule has 0 saturated heterocycles. The average Bonchev–Trinajstić information content (AvgIpc) is 2.75.